The number of aryl methyl sites for hydroxylation is 2. The first-order valence-electron chi connectivity index (χ1n) is 9.49. The molecule has 1 unspecified atom stereocenters. The fourth-order valence-corrected chi connectivity index (χ4v) is 4.47. The van der Waals surface area contributed by atoms with Crippen LogP contribution in [0.4, 0.5) is 0 Å². The highest BCUT2D eigenvalue weighted by molar-refractivity contribution is 5.88. The minimum atomic E-state index is -0.481. The maximum atomic E-state index is 13.5. The average molecular weight is 351 g/mol. The predicted molar refractivity (Wildman–Crippen MR) is 100 cm³/mol. The number of hydrogen-bond donors (Lipinski definition) is 0. The molecule has 0 saturated carbocycles. The predicted octanol–water partition coefficient (Wildman–Crippen LogP) is 2.44. The van der Waals surface area contributed by atoms with Crippen LogP contribution in [0.5, 0.6) is 0 Å². The lowest BCUT2D eigenvalue weighted by Gasteiger charge is -2.40. The standard InChI is InChI=1S/C21H25N3O2/c1-3-23-14-22-18-13-24(12-10-16(18)19(23)25)20(26)21(2)11-6-8-15-7-4-5-9-17(15)21/h4-5,7,9,14H,3,6,8,10-13H2,1-2H3. The van der Waals surface area contributed by atoms with E-state index in [1.807, 2.05) is 17.9 Å². The number of benzene rings is 1. The summed E-state index contributed by atoms with van der Waals surface area (Å²) in [6.45, 7) is 5.66. The second kappa shape index (κ2) is 6.38. The molecule has 0 radical (unpaired) electrons. The Bertz CT molecular complexity index is 918. The van der Waals surface area contributed by atoms with Crippen molar-refractivity contribution in [2.75, 3.05) is 6.54 Å². The van der Waals surface area contributed by atoms with E-state index < -0.39 is 5.41 Å². The Morgan fingerprint density at radius 3 is 2.88 bits per heavy atom. The zero-order chi connectivity index (χ0) is 18.3. The average Bonchev–Trinajstić information content (AvgIpc) is 2.68. The lowest BCUT2D eigenvalue weighted by molar-refractivity contribution is -0.138. The molecule has 4 rings (SSSR count). The largest absolute Gasteiger partial charge is 0.336 e. The van der Waals surface area contributed by atoms with Crippen LogP contribution < -0.4 is 5.56 Å². The molecule has 0 bridgehead atoms. The van der Waals surface area contributed by atoms with Gasteiger partial charge in [-0.15, -0.1) is 0 Å². The molecule has 136 valence electrons. The van der Waals surface area contributed by atoms with Gasteiger partial charge in [-0.2, -0.15) is 0 Å². The number of hydrogen-bond acceptors (Lipinski definition) is 3. The number of amides is 1. The van der Waals surface area contributed by atoms with Gasteiger partial charge >= 0.3 is 0 Å². The van der Waals surface area contributed by atoms with Crippen molar-refractivity contribution in [2.24, 2.45) is 0 Å². The first-order valence-corrected chi connectivity index (χ1v) is 9.49. The van der Waals surface area contributed by atoms with Gasteiger partial charge in [-0.25, -0.2) is 4.98 Å². The highest BCUT2D eigenvalue weighted by Gasteiger charge is 2.42. The van der Waals surface area contributed by atoms with Gasteiger partial charge in [-0.3, -0.25) is 14.2 Å². The van der Waals surface area contributed by atoms with Crippen LogP contribution >= 0.6 is 0 Å². The van der Waals surface area contributed by atoms with E-state index in [1.54, 1.807) is 10.9 Å². The fourth-order valence-electron chi connectivity index (χ4n) is 4.47. The van der Waals surface area contributed by atoms with Crippen molar-refractivity contribution in [1.82, 2.24) is 14.5 Å². The van der Waals surface area contributed by atoms with E-state index in [2.05, 4.69) is 30.1 Å². The van der Waals surface area contributed by atoms with Gasteiger partial charge in [0.05, 0.1) is 24.0 Å². The number of carbonyl (C=O) groups excluding carboxylic acids is 1. The van der Waals surface area contributed by atoms with Gasteiger partial charge in [-0.1, -0.05) is 24.3 Å². The zero-order valence-electron chi connectivity index (χ0n) is 15.5. The third-order valence-corrected chi connectivity index (χ3v) is 6.03. The molecule has 1 atom stereocenters. The quantitative estimate of drug-likeness (QED) is 0.835. The van der Waals surface area contributed by atoms with Crippen LogP contribution in [-0.4, -0.2) is 26.9 Å². The molecule has 2 aliphatic rings. The van der Waals surface area contributed by atoms with Crippen LogP contribution in [-0.2, 0) is 36.1 Å². The topological polar surface area (TPSA) is 55.2 Å². The Labute approximate surface area is 153 Å². The first-order chi connectivity index (χ1) is 12.5. The third-order valence-electron chi connectivity index (χ3n) is 6.03. The number of nitrogens with zero attached hydrogens (tertiary/aromatic N) is 3. The second-order valence-electron chi connectivity index (χ2n) is 7.58. The summed E-state index contributed by atoms with van der Waals surface area (Å²) in [5.74, 6) is 0.164. The van der Waals surface area contributed by atoms with Crippen molar-refractivity contribution >= 4 is 5.91 Å². The molecule has 0 saturated heterocycles. The van der Waals surface area contributed by atoms with Crippen molar-refractivity contribution in [2.45, 2.75) is 58.0 Å². The van der Waals surface area contributed by atoms with E-state index in [9.17, 15) is 9.59 Å². The molecule has 2 aromatic rings. The summed E-state index contributed by atoms with van der Waals surface area (Å²) in [5, 5.41) is 0. The van der Waals surface area contributed by atoms with Crippen LogP contribution in [0.3, 0.4) is 0 Å². The van der Waals surface area contributed by atoms with E-state index in [1.165, 1.54) is 5.56 Å². The van der Waals surface area contributed by atoms with Crippen molar-refractivity contribution in [3.8, 4) is 0 Å². The molecule has 0 fully saturated rings. The van der Waals surface area contributed by atoms with Crippen molar-refractivity contribution in [3.63, 3.8) is 0 Å². The molecule has 1 aliphatic heterocycles. The van der Waals surface area contributed by atoms with E-state index in [-0.39, 0.29) is 11.5 Å². The van der Waals surface area contributed by atoms with Crippen LogP contribution in [0.1, 0.15) is 49.1 Å². The Balaban J connectivity index is 1.65. The summed E-state index contributed by atoms with van der Waals surface area (Å²) >= 11 is 0. The Hall–Kier alpha value is -2.43. The monoisotopic (exact) mass is 351 g/mol. The second-order valence-corrected chi connectivity index (χ2v) is 7.58. The van der Waals surface area contributed by atoms with E-state index in [0.29, 0.717) is 26.1 Å². The van der Waals surface area contributed by atoms with E-state index in [4.69, 9.17) is 0 Å². The maximum absolute atomic E-state index is 13.5. The van der Waals surface area contributed by atoms with E-state index >= 15 is 0 Å². The summed E-state index contributed by atoms with van der Waals surface area (Å²) in [4.78, 5) is 32.3. The normalized spacial score (nSPS) is 21.8. The maximum Gasteiger partial charge on any atom is 0.256 e. The van der Waals surface area contributed by atoms with Gasteiger partial charge in [0.15, 0.2) is 0 Å². The van der Waals surface area contributed by atoms with Crippen LogP contribution in [0.25, 0.3) is 0 Å². The zero-order valence-corrected chi connectivity index (χ0v) is 15.5. The molecule has 0 spiro atoms. The minimum Gasteiger partial charge on any atom is -0.336 e. The highest BCUT2D eigenvalue weighted by atomic mass is 16.2. The molecule has 26 heavy (non-hydrogen) atoms. The van der Waals surface area contributed by atoms with Crippen LogP contribution in [0, 0.1) is 0 Å². The van der Waals surface area contributed by atoms with Gasteiger partial charge in [0.2, 0.25) is 5.91 Å². The lowest BCUT2D eigenvalue weighted by atomic mass is 9.70. The Kier molecular flexibility index (Phi) is 4.17. The summed E-state index contributed by atoms with van der Waals surface area (Å²) in [7, 11) is 0. The van der Waals surface area contributed by atoms with Crippen LogP contribution in [0.2, 0.25) is 0 Å². The van der Waals surface area contributed by atoms with Gasteiger partial charge in [0.25, 0.3) is 5.56 Å². The lowest BCUT2D eigenvalue weighted by Crippen LogP contribution is -2.49. The number of fused-ring (bicyclic) bond motifs is 2. The Morgan fingerprint density at radius 2 is 2.08 bits per heavy atom. The highest BCUT2D eigenvalue weighted by Crippen LogP contribution is 2.39. The summed E-state index contributed by atoms with van der Waals surface area (Å²) < 4.78 is 1.63. The van der Waals surface area contributed by atoms with Crippen molar-refractivity contribution in [1.29, 1.82) is 0 Å². The number of rotatable bonds is 2. The molecule has 1 aromatic carbocycles. The summed E-state index contributed by atoms with van der Waals surface area (Å²) in [6.07, 6.45) is 5.14. The molecular weight excluding hydrogens is 326 g/mol. The van der Waals surface area contributed by atoms with Gasteiger partial charge in [-0.05, 0) is 50.7 Å². The van der Waals surface area contributed by atoms with Gasteiger partial charge in [0, 0.05) is 18.7 Å². The summed E-state index contributed by atoms with van der Waals surface area (Å²) in [5.41, 5.74) is 3.54. The number of aromatic nitrogens is 2. The molecule has 1 aliphatic carbocycles. The molecular formula is C21H25N3O2. The first kappa shape index (κ1) is 17.0. The minimum absolute atomic E-state index is 0.0406. The molecule has 1 amide bonds. The van der Waals surface area contributed by atoms with Crippen molar-refractivity contribution < 1.29 is 4.79 Å². The van der Waals surface area contributed by atoms with E-state index in [0.717, 1.165) is 36.1 Å². The molecule has 5 nitrogen and oxygen atoms in total. The van der Waals surface area contributed by atoms with Gasteiger partial charge in [0.1, 0.15) is 0 Å². The molecule has 0 N–H and O–H groups in total. The smallest absolute Gasteiger partial charge is 0.256 e. The molecule has 1 aromatic heterocycles. The molecule has 2 heterocycles. The van der Waals surface area contributed by atoms with Crippen LogP contribution in [0.15, 0.2) is 35.4 Å². The van der Waals surface area contributed by atoms with Gasteiger partial charge < -0.3 is 4.90 Å². The SMILES string of the molecule is CCn1cnc2c(c1=O)CCN(C(=O)C1(C)CCCc3ccccc31)C2. The van der Waals surface area contributed by atoms with Crippen molar-refractivity contribution in [3.05, 3.63) is 63.3 Å². The molecule has 5 heteroatoms. The Morgan fingerprint density at radius 1 is 1.27 bits per heavy atom. The summed E-state index contributed by atoms with van der Waals surface area (Å²) in [6, 6.07) is 8.31. The fraction of sp³-hybridized carbons (Fsp3) is 0.476. The number of carbonyl (C=O) groups is 1. The third kappa shape index (κ3) is 2.57.